The molecule has 80 valence electrons. The number of halogens is 1. The Balaban J connectivity index is 2.20. The van der Waals surface area contributed by atoms with Crippen LogP contribution in [0.25, 0.3) is 0 Å². The number of alkyl halides is 1. The highest BCUT2D eigenvalue weighted by Gasteiger charge is 2.01. The fraction of sp³-hybridized carbons (Fsp3) is 0.636. The summed E-state index contributed by atoms with van der Waals surface area (Å²) < 4.78 is 5.49. The molecule has 0 bridgehead atoms. The molecule has 1 aromatic rings. The average molecular weight is 216 g/mol. The molecule has 14 heavy (non-hydrogen) atoms. The van der Waals surface area contributed by atoms with Crippen molar-refractivity contribution in [3.8, 4) is 0 Å². The number of hydrogen-bond acceptors (Lipinski definition) is 2. The van der Waals surface area contributed by atoms with Crippen LogP contribution in [-0.4, -0.2) is 30.9 Å². The number of nitrogens with zero attached hydrogens (tertiary/aromatic N) is 1. The first-order valence-electron chi connectivity index (χ1n) is 5.02. The van der Waals surface area contributed by atoms with Gasteiger partial charge in [-0.25, -0.2) is 0 Å². The maximum Gasteiger partial charge on any atom is 0.105 e. The van der Waals surface area contributed by atoms with Gasteiger partial charge in [-0.2, -0.15) is 0 Å². The maximum absolute atomic E-state index is 5.62. The van der Waals surface area contributed by atoms with Crippen molar-refractivity contribution in [3.63, 3.8) is 0 Å². The quantitative estimate of drug-likeness (QED) is 0.679. The molecule has 1 aromatic heterocycles. The van der Waals surface area contributed by atoms with Crippen LogP contribution in [0.4, 0.5) is 0 Å². The summed E-state index contributed by atoms with van der Waals surface area (Å²) in [5.74, 6) is 2.80. The van der Waals surface area contributed by atoms with Crippen LogP contribution in [0.3, 0.4) is 0 Å². The highest BCUT2D eigenvalue weighted by molar-refractivity contribution is 6.17. The van der Waals surface area contributed by atoms with Gasteiger partial charge in [-0.3, -0.25) is 0 Å². The van der Waals surface area contributed by atoms with Crippen molar-refractivity contribution in [1.29, 1.82) is 0 Å². The SMILES string of the molecule is Cc1ccc(CCN(C)CCCCl)o1. The van der Waals surface area contributed by atoms with Crippen LogP contribution in [0.15, 0.2) is 16.5 Å². The normalized spacial score (nSPS) is 11.1. The van der Waals surface area contributed by atoms with E-state index in [2.05, 4.69) is 11.9 Å². The minimum atomic E-state index is 0.740. The zero-order valence-electron chi connectivity index (χ0n) is 8.92. The van der Waals surface area contributed by atoms with Crippen LogP contribution in [0.2, 0.25) is 0 Å². The smallest absolute Gasteiger partial charge is 0.105 e. The van der Waals surface area contributed by atoms with E-state index in [-0.39, 0.29) is 0 Å². The summed E-state index contributed by atoms with van der Waals surface area (Å²) in [5, 5.41) is 0. The number of rotatable bonds is 6. The third-order valence-corrected chi connectivity index (χ3v) is 2.48. The van der Waals surface area contributed by atoms with Crippen molar-refractivity contribution < 1.29 is 4.42 Å². The first kappa shape index (κ1) is 11.6. The van der Waals surface area contributed by atoms with E-state index in [1.165, 1.54) is 0 Å². The molecule has 1 rings (SSSR count). The van der Waals surface area contributed by atoms with E-state index >= 15 is 0 Å². The second kappa shape index (κ2) is 6.10. The summed E-state index contributed by atoms with van der Waals surface area (Å²) in [7, 11) is 2.11. The predicted molar refractivity (Wildman–Crippen MR) is 60.0 cm³/mol. The highest BCUT2D eigenvalue weighted by atomic mass is 35.5. The first-order chi connectivity index (χ1) is 6.72. The van der Waals surface area contributed by atoms with E-state index in [0.29, 0.717) is 0 Å². The van der Waals surface area contributed by atoms with Crippen molar-refractivity contribution in [2.24, 2.45) is 0 Å². The fourth-order valence-electron chi connectivity index (χ4n) is 1.36. The van der Waals surface area contributed by atoms with Gasteiger partial charge in [-0.05, 0) is 39.1 Å². The summed E-state index contributed by atoms with van der Waals surface area (Å²) in [5.41, 5.74) is 0. The van der Waals surface area contributed by atoms with Gasteiger partial charge in [0.2, 0.25) is 0 Å². The van der Waals surface area contributed by atoms with E-state index in [4.69, 9.17) is 16.0 Å². The Labute approximate surface area is 90.8 Å². The monoisotopic (exact) mass is 215 g/mol. The molecule has 0 radical (unpaired) electrons. The van der Waals surface area contributed by atoms with Gasteiger partial charge in [0.15, 0.2) is 0 Å². The molecule has 0 N–H and O–H groups in total. The van der Waals surface area contributed by atoms with Crippen molar-refractivity contribution in [3.05, 3.63) is 23.7 Å². The molecule has 2 nitrogen and oxygen atoms in total. The van der Waals surface area contributed by atoms with E-state index in [1.807, 2.05) is 19.1 Å². The zero-order valence-corrected chi connectivity index (χ0v) is 9.68. The molecule has 0 unspecified atom stereocenters. The van der Waals surface area contributed by atoms with Gasteiger partial charge in [-0.15, -0.1) is 11.6 Å². The first-order valence-corrected chi connectivity index (χ1v) is 5.55. The average Bonchev–Trinajstić information content (AvgIpc) is 2.58. The van der Waals surface area contributed by atoms with Crippen molar-refractivity contribution >= 4 is 11.6 Å². The second-order valence-corrected chi connectivity index (χ2v) is 3.99. The van der Waals surface area contributed by atoms with Crippen molar-refractivity contribution in [2.45, 2.75) is 19.8 Å². The summed E-state index contributed by atoms with van der Waals surface area (Å²) in [6, 6.07) is 4.05. The van der Waals surface area contributed by atoms with Crippen LogP contribution >= 0.6 is 11.6 Å². The van der Waals surface area contributed by atoms with Crippen molar-refractivity contribution in [1.82, 2.24) is 4.90 Å². The number of likely N-dealkylation sites (N-methyl/N-ethyl adjacent to an activating group) is 1. The molecule has 0 saturated carbocycles. The van der Waals surface area contributed by atoms with Gasteiger partial charge in [-0.1, -0.05) is 0 Å². The van der Waals surface area contributed by atoms with E-state index in [1.54, 1.807) is 0 Å². The molecular weight excluding hydrogens is 198 g/mol. The van der Waals surface area contributed by atoms with Gasteiger partial charge in [0.25, 0.3) is 0 Å². The number of hydrogen-bond donors (Lipinski definition) is 0. The number of furan rings is 1. The standard InChI is InChI=1S/C11H18ClNO/c1-10-4-5-11(14-10)6-9-13(2)8-3-7-12/h4-5H,3,6-9H2,1-2H3. The number of aryl methyl sites for hydroxylation is 1. The molecule has 0 atom stereocenters. The van der Waals surface area contributed by atoms with Crippen LogP contribution in [0, 0.1) is 6.92 Å². The molecule has 1 heterocycles. The Morgan fingerprint density at radius 1 is 1.36 bits per heavy atom. The van der Waals surface area contributed by atoms with Crippen LogP contribution in [0.5, 0.6) is 0 Å². The molecular formula is C11H18ClNO. The van der Waals surface area contributed by atoms with Gasteiger partial charge < -0.3 is 9.32 Å². The van der Waals surface area contributed by atoms with Crippen molar-refractivity contribution in [2.75, 3.05) is 26.0 Å². The van der Waals surface area contributed by atoms with Crippen LogP contribution in [-0.2, 0) is 6.42 Å². The lowest BCUT2D eigenvalue weighted by molar-refractivity contribution is 0.327. The van der Waals surface area contributed by atoms with E-state index < -0.39 is 0 Å². The molecule has 3 heteroatoms. The Kier molecular flexibility index (Phi) is 5.05. The highest BCUT2D eigenvalue weighted by Crippen LogP contribution is 2.07. The van der Waals surface area contributed by atoms with E-state index in [0.717, 1.165) is 43.3 Å². The Morgan fingerprint density at radius 3 is 2.71 bits per heavy atom. The third kappa shape index (κ3) is 4.16. The summed E-state index contributed by atoms with van der Waals surface area (Å²) in [6.45, 7) is 4.06. The molecule has 0 aromatic carbocycles. The lowest BCUT2D eigenvalue weighted by atomic mass is 10.3. The van der Waals surface area contributed by atoms with Gasteiger partial charge in [0.05, 0.1) is 0 Å². The van der Waals surface area contributed by atoms with E-state index in [9.17, 15) is 0 Å². The topological polar surface area (TPSA) is 16.4 Å². The molecule has 0 saturated heterocycles. The molecule has 0 fully saturated rings. The van der Waals surface area contributed by atoms with Gasteiger partial charge >= 0.3 is 0 Å². The van der Waals surface area contributed by atoms with Gasteiger partial charge in [0, 0.05) is 18.8 Å². The Bertz CT molecular complexity index is 260. The lowest BCUT2D eigenvalue weighted by Gasteiger charge is -2.14. The Hall–Kier alpha value is -0.470. The summed E-state index contributed by atoms with van der Waals surface area (Å²) in [6.07, 6.45) is 2.03. The minimum Gasteiger partial charge on any atom is -0.466 e. The second-order valence-electron chi connectivity index (χ2n) is 3.61. The lowest BCUT2D eigenvalue weighted by Crippen LogP contribution is -2.22. The molecule has 0 aliphatic carbocycles. The molecule has 0 aliphatic heterocycles. The Morgan fingerprint density at radius 2 is 2.14 bits per heavy atom. The minimum absolute atomic E-state index is 0.740. The van der Waals surface area contributed by atoms with Gasteiger partial charge in [0.1, 0.15) is 11.5 Å². The summed E-state index contributed by atoms with van der Waals surface area (Å²) >= 11 is 5.62. The molecule has 0 amide bonds. The molecule has 0 aliphatic rings. The van der Waals surface area contributed by atoms with Crippen LogP contribution in [0.1, 0.15) is 17.9 Å². The third-order valence-electron chi connectivity index (χ3n) is 2.21. The summed E-state index contributed by atoms with van der Waals surface area (Å²) in [4.78, 5) is 2.28. The predicted octanol–water partition coefficient (Wildman–Crippen LogP) is 2.69. The zero-order chi connectivity index (χ0) is 10.4. The molecule has 0 spiro atoms. The maximum atomic E-state index is 5.62. The largest absolute Gasteiger partial charge is 0.466 e. The fourth-order valence-corrected chi connectivity index (χ4v) is 1.48. The van der Waals surface area contributed by atoms with Crippen LogP contribution < -0.4 is 0 Å².